The van der Waals surface area contributed by atoms with Crippen LogP contribution < -0.4 is 38.0 Å². The number of nitrogens with zero attached hydrogens (tertiary/aromatic N) is 8. The molecule has 20 heteroatoms. The van der Waals surface area contributed by atoms with E-state index in [2.05, 4.69) is 31.1 Å². The molecule has 0 aliphatic carbocycles. The summed E-state index contributed by atoms with van der Waals surface area (Å²) in [4.78, 5) is 65.4. The molecule has 1 aliphatic rings. The van der Waals surface area contributed by atoms with Crippen molar-refractivity contribution in [2.45, 2.75) is 59.8 Å². The van der Waals surface area contributed by atoms with Crippen LogP contribution in [0.5, 0.6) is 5.75 Å². The molecular weight excluding hydrogens is 736 g/mol. The van der Waals surface area contributed by atoms with Gasteiger partial charge in [-0.05, 0) is 52.0 Å². The largest absolute Gasteiger partial charge is 0.491 e. The molecule has 20 nitrogen and oxygen atoms in total. The number of fused-ring (bicyclic) bond motifs is 2. The third-order valence-corrected chi connectivity index (χ3v) is 9.20. The van der Waals surface area contributed by atoms with Crippen LogP contribution in [0.25, 0.3) is 22.2 Å². The molecule has 0 spiro atoms. The number of primary amides is 2. The summed E-state index contributed by atoms with van der Waals surface area (Å²) >= 11 is 0. The number of methoxy groups -OCH3 is 1. The van der Waals surface area contributed by atoms with E-state index in [0.717, 1.165) is 0 Å². The lowest BCUT2D eigenvalue weighted by Crippen LogP contribution is -2.38. The van der Waals surface area contributed by atoms with E-state index in [9.17, 15) is 19.2 Å². The van der Waals surface area contributed by atoms with Gasteiger partial charge in [0.25, 0.3) is 11.8 Å². The van der Waals surface area contributed by atoms with Crippen molar-refractivity contribution in [3.63, 3.8) is 0 Å². The number of hydrogen-bond acceptors (Lipinski definition) is 13. The fraction of sp³-hybridized carbons (Fsp3) is 0.351. The molecule has 0 saturated heterocycles. The zero-order valence-electron chi connectivity index (χ0n) is 32.3. The number of rotatable bonds is 17. The number of allylic oxidation sites excluding steroid dienone is 2. The number of benzene rings is 1. The molecule has 5 heterocycles. The average Bonchev–Trinajstić information content (AvgIpc) is 3.92. The molecule has 4 amide bonds. The maximum Gasteiger partial charge on any atom is 0.278 e. The van der Waals surface area contributed by atoms with E-state index in [1.54, 1.807) is 28.2 Å². The molecule has 0 saturated carbocycles. The second-order valence-corrected chi connectivity index (χ2v) is 13.2. The summed E-state index contributed by atoms with van der Waals surface area (Å²) in [6, 6.07) is 4.53. The Balaban J connectivity index is 1.38. The van der Waals surface area contributed by atoms with Crippen LogP contribution in [0, 0.1) is 6.92 Å². The third kappa shape index (κ3) is 8.26. The number of imidazole rings is 2. The molecular formula is C37H46N14O6. The van der Waals surface area contributed by atoms with Gasteiger partial charge in [0.1, 0.15) is 28.2 Å². The zero-order valence-corrected chi connectivity index (χ0v) is 32.3. The number of hydrogen-bond donors (Lipinski definition) is 6. The number of carbonyl (C=O) groups excluding carboxylic acids is 4. The van der Waals surface area contributed by atoms with Crippen LogP contribution in [-0.2, 0) is 29.2 Å². The number of nitrogens with one attached hydrogen (secondary N) is 3. The van der Waals surface area contributed by atoms with E-state index >= 15 is 0 Å². The van der Waals surface area contributed by atoms with Crippen molar-refractivity contribution in [1.29, 1.82) is 0 Å². The first-order valence-corrected chi connectivity index (χ1v) is 18.3. The summed E-state index contributed by atoms with van der Waals surface area (Å²) in [5.74, 6) is -1.63. The highest BCUT2D eigenvalue weighted by molar-refractivity contribution is 6.07. The van der Waals surface area contributed by atoms with Gasteiger partial charge < -0.3 is 36.3 Å². The molecule has 4 aromatic heterocycles. The van der Waals surface area contributed by atoms with Gasteiger partial charge in [-0.1, -0.05) is 12.2 Å². The minimum Gasteiger partial charge on any atom is -0.491 e. The number of pyridine rings is 1. The molecule has 6 rings (SSSR count). The fourth-order valence-corrected chi connectivity index (χ4v) is 6.44. The van der Waals surface area contributed by atoms with E-state index < -0.39 is 17.7 Å². The maximum absolute atomic E-state index is 13.8. The lowest BCUT2D eigenvalue weighted by atomic mass is 10.1. The van der Waals surface area contributed by atoms with Crippen molar-refractivity contribution in [3.05, 3.63) is 70.8 Å². The lowest BCUT2D eigenvalue weighted by Gasteiger charge is -2.20. The van der Waals surface area contributed by atoms with Gasteiger partial charge in [-0.3, -0.25) is 39.1 Å². The second kappa shape index (κ2) is 16.9. The number of aryl methyl sites for hydroxylation is 2. The van der Waals surface area contributed by atoms with E-state index in [-0.39, 0.29) is 66.1 Å². The Kier molecular flexibility index (Phi) is 11.8. The topological polar surface area (TPSA) is 270 Å². The summed E-state index contributed by atoms with van der Waals surface area (Å²) in [5, 5.41) is 11.9. The number of ether oxygens (including phenoxy) is 2. The third-order valence-electron chi connectivity index (χ3n) is 9.20. The minimum absolute atomic E-state index is 0.0462. The molecule has 0 fully saturated rings. The van der Waals surface area contributed by atoms with Crippen molar-refractivity contribution in [2.75, 3.05) is 43.2 Å². The Morgan fingerprint density at radius 1 is 0.912 bits per heavy atom. The van der Waals surface area contributed by atoms with Crippen LogP contribution in [0.2, 0.25) is 0 Å². The van der Waals surface area contributed by atoms with Gasteiger partial charge >= 0.3 is 0 Å². The SMILES string of the molecule is CCN1NC(C)C=C1C(=O)Nc1nc2cc(C(N)=O)cnc2n1C/C=C/Cn1c(NC(=O)c2c(N)c(C)nn2CC)nc2cc(C(N)=O)cc(OCCCOC)c21. The van der Waals surface area contributed by atoms with Gasteiger partial charge in [-0.15, -0.1) is 0 Å². The number of hydrazine groups is 1. The Labute approximate surface area is 327 Å². The predicted molar refractivity (Wildman–Crippen MR) is 212 cm³/mol. The molecule has 5 aromatic rings. The first-order chi connectivity index (χ1) is 27.3. The highest BCUT2D eigenvalue weighted by atomic mass is 16.5. The van der Waals surface area contributed by atoms with E-state index in [1.807, 2.05) is 39.0 Å². The number of nitrogens with two attached hydrogens (primary N) is 3. The Morgan fingerprint density at radius 3 is 2.26 bits per heavy atom. The van der Waals surface area contributed by atoms with Crippen LogP contribution >= 0.6 is 0 Å². The summed E-state index contributed by atoms with van der Waals surface area (Å²) < 4.78 is 16.2. The maximum atomic E-state index is 13.8. The highest BCUT2D eigenvalue weighted by Crippen LogP contribution is 2.32. The Hall–Kier alpha value is -6.80. The molecule has 1 atom stereocenters. The van der Waals surface area contributed by atoms with Crippen LogP contribution in [-0.4, -0.2) is 95.4 Å². The Morgan fingerprint density at radius 2 is 1.58 bits per heavy atom. The first kappa shape index (κ1) is 39.9. The van der Waals surface area contributed by atoms with E-state index in [0.29, 0.717) is 65.5 Å². The van der Waals surface area contributed by atoms with Gasteiger partial charge in [0.05, 0.1) is 29.1 Å². The molecule has 1 aliphatic heterocycles. The predicted octanol–water partition coefficient (Wildman–Crippen LogP) is 2.06. The summed E-state index contributed by atoms with van der Waals surface area (Å²) in [7, 11) is 1.59. The highest BCUT2D eigenvalue weighted by Gasteiger charge is 2.27. The smallest absolute Gasteiger partial charge is 0.278 e. The molecule has 9 N–H and O–H groups in total. The standard InChI is InChI=1S/C37H46N14O6/c1-6-50-26(15-20(3)46-50)34(54)44-37-43-25-17-23(32(40)53)19-41-33(25)49(37)12-9-8-11-48-29-24(16-22(31(39)52)18-27(29)57-14-10-13-56-5)42-36(48)45-35(55)30-28(38)21(4)47-51(30)7-2/h8-9,15-20,46H,6-7,10-14,38H2,1-5H3,(H2,39,52)(H2,40,53)(H,42,45,55)(H,43,44,54)/b9-8+. The van der Waals surface area contributed by atoms with Crippen LogP contribution in [0.3, 0.4) is 0 Å². The van der Waals surface area contributed by atoms with Gasteiger partial charge in [0, 0.05) is 64.1 Å². The van der Waals surface area contributed by atoms with E-state index in [1.165, 1.54) is 29.1 Å². The summed E-state index contributed by atoms with van der Waals surface area (Å²) in [5.41, 5.74) is 23.9. The number of amides is 4. The minimum atomic E-state index is -0.682. The van der Waals surface area contributed by atoms with Crippen molar-refractivity contribution in [2.24, 2.45) is 11.5 Å². The number of nitrogen functional groups attached to an aromatic ring is 1. The number of anilines is 3. The summed E-state index contributed by atoms with van der Waals surface area (Å²) in [6.07, 6.45) is 7.36. The van der Waals surface area contributed by atoms with Crippen molar-refractivity contribution in [1.82, 2.24) is 44.3 Å². The van der Waals surface area contributed by atoms with E-state index in [4.69, 9.17) is 31.7 Å². The normalized spacial score (nSPS) is 14.2. The molecule has 1 unspecified atom stereocenters. The van der Waals surface area contributed by atoms with Crippen LogP contribution in [0.4, 0.5) is 17.6 Å². The molecule has 0 bridgehead atoms. The monoisotopic (exact) mass is 782 g/mol. The average molecular weight is 783 g/mol. The first-order valence-electron chi connectivity index (χ1n) is 18.3. The number of aromatic nitrogens is 7. The Bertz CT molecular complexity index is 2430. The van der Waals surface area contributed by atoms with Gasteiger partial charge in [0.15, 0.2) is 5.65 Å². The van der Waals surface area contributed by atoms with Crippen LogP contribution in [0.15, 0.2) is 48.3 Å². The summed E-state index contributed by atoms with van der Waals surface area (Å²) in [6.45, 7) is 9.39. The van der Waals surface area contributed by atoms with Gasteiger partial charge in [-0.2, -0.15) is 5.10 Å². The van der Waals surface area contributed by atoms with Crippen molar-refractivity contribution in [3.8, 4) is 5.75 Å². The molecule has 57 heavy (non-hydrogen) atoms. The molecule has 1 aromatic carbocycles. The van der Waals surface area contributed by atoms with Gasteiger partial charge in [-0.25, -0.2) is 20.4 Å². The van der Waals surface area contributed by atoms with Crippen molar-refractivity contribution >= 4 is 63.4 Å². The van der Waals surface area contributed by atoms with Gasteiger partial charge in [0.2, 0.25) is 23.7 Å². The van der Waals surface area contributed by atoms with Crippen molar-refractivity contribution < 1.29 is 28.7 Å². The zero-order chi connectivity index (χ0) is 41.0. The fourth-order valence-electron chi connectivity index (χ4n) is 6.44. The molecule has 0 radical (unpaired) electrons. The molecule has 300 valence electrons. The number of likely N-dealkylation sites (N-methyl/N-ethyl adjacent to an activating group) is 1. The second-order valence-electron chi connectivity index (χ2n) is 13.2. The van der Waals surface area contributed by atoms with Crippen LogP contribution in [0.1, 0.15) is 64.1 Å². The quantitative estimate of drug-likeness (QED) is 0.0583. The number of carbonyl (C=O) groups is 4. The lowest BCUT2D eigenvalue weighted by molar-refractivity contribution is -0.114.